The Hall–Kier alpha value is -1.20. The number of carbonyl (C=O) groups is 2. The highest BCUT2D eigenvalue weighted by atomic mass is 35.5. The standard InChI is InChI=1S/C9H7ClN2O2S/c10-5-2-1-3-6(4-5)11-8-7(13)12-9(14)15-8/h1-4,8,11H,(H,12,13,14)/t8-/m0/s1. The van der Waals surface area contributed by atoms with Crippen LogP contribution in [-0.2, 0) is 4.79 Å². The number of hydrogen-bond acceptors (Lipinski definition) is 4. The van der Waals surface area contributed by atoms with Gasteiger partial charge in [0, 0.05) is 10.7 Å². The van der Waals surface area contributed by atoms with Crippen LogP contribution in [0.5, 0.6) is 0 Å². The van der Waals surface area contributed by atoms with Crippen molar-refractivity contribution < 1.29 is 9.59 Å². The first-order valence-corrected chi connectivity index (χ1v) is 5.44. The van der Waals surface area contributed by atoms with Crippen LogP contribution in [-0.4, -0.2) is 16.5 Å². The molecule has 1 fully saturated rings. The van der Waals surface area contributed by atoms with Crippen molar-refractivity contribution in [1.82, 2.24) is 5.32 Å². The molecule has 4 nitrogen and oxygen atoms in total. The van der Waals surface area contributed by atoms with E-state index in [1.54, 1.807) is 24.3 Å². The SMILES string of the molecule is O=C1NC(=O)[C@@H](Nc2cccc(Cl)c2)S1. The summed E-state index contributed by atoms with van der Waals surface area (Å²) in [5, 5.41) is 4.77. The second-order valence-electron chi connectivity index (χ2n) is 2.93. The van der Waals surface area contributed by atoms with Crippen LogP contribution in [0.25, 0.3) is 0 Å². The number of benzene rings is 1. The van der Waals surface area contributed by atoms with Crippen LogP contribution in [0.3, 0.4) is 0 Å². The highest BCUT2D eigenvalue weighted by molar-refractivity contribution is 8.15. The molecule has 0 radical (unpaired) electrons. The molecule has 1 saturated heterocycles. The van der Waals surface area contributed by atoms with Gasteiger partial charge in [-0.25, -0.2) is 0 Å². The average molecular weight is 243 g/mol. The van der Waals surface area contributed by atoms with Crippen molar-refractivity contribution >= 4 is 40.2 Å². The Morgan fingerprint density at radius 3 is 2.80 bits per heavy atom. The van der Waals surface area contributed by atoms with E-state index < -0.39 is 5.37 Å². The Morgan fingerprint density at radius 1 is 1.40 bits per heavy atom. The van der Waals surface area contributed by atoms with Crippen molar-refractivity contribution in [3.8, 4) is 0 Å². The van der Waals surface area contributed by atoms with Crippen molar-refractivity contribution in [3.63, 3.8) is 0 Å². The van der Waals surface area contributed by atoms with Gasteiger partial charge in [0.05, 0.1) is 0 Å². The predicted octanol–water partition coefficient (Wildman–Crippen LogP) is 2.06. The minimum atomic E-state index is -0.573. The second kappa shape index (κ2) is 4.12. The van der Waals surface area contributed by atoms with Gasteiger partial charge in [-0.3, -0.25) is 14.9 Å². The molecule has 0 aromatic heterocycles. The molecule has 0 saturated carbocycles. The lowest BCUT2D eigenvalue weighted by Crippen LogP contribution is -2.29. The average Bonchev–Trinajstić information content (AvgIpc) is 2.45. The van der Waals surface area contributed by atoms with Crippen LogP contribution in [0.2, 0.25) is 5.02 Å². The molecule has 0 bridgehead atoms. The number of carbonyl (C=O) groups excluding carboxylic acids is 2. The monoisotopic (exact) mass is 242 g/mol. The van der Waals surface area contributed by atoms with Crippen molar-refractivity contribution in [2.24, 2.45) is 0 Å². The van der Waals surface area contributed by atoms with Gasteiger partial charge in [0.2, 0.25) is 0 Å². The van der Waals surface area contributed by atoms with E-state index in [0.717, 1.165) is 11.8 Å². The molecule has 0 unspecified atom stereocenters. The topological polar surface area (TPSA) is 58.2 Å². The number of amides is 2. The maximum absolute atomic E-state index is 11.2. The van der Waals surface area contributed by atoms with Crippen LogP contribution >= 0.6 is 23.4 Å². The number of anilines is 1. The van der Waals surface area contributed by atoms with Gasteiger partial charge in [-0.2, -0.15) is 0 Å². The normalized spacial score (nSPS) is 20.2. The van der Waals surface area contributed by atoms with E-state index in [4.69, 9.17) is 11.6 Å². The highest BCUT2D eigenvalue weighted by Crippen LogP contribution is 2.23. The first kappa shape index (κ1) is 10.3. The fourth-order valence-corrected chi connectivity index (χ4v) is 2.11. The molecule has 6 heteroatoms. The maximum Gasteiger partial charge on any atom is 0.288 e. The first-order chi connectivity index (χ1) is 7.15. The zero-order chi connectivity index (χ0) is 10.8. The molecule has 1 heterocycles. The Balaban J connectivity index is 2.09. The third-order valence-corrected chi connectivity index (χ3v) is 2.93. The van der Waals surface area contributed by atoms with E-state index in [1.807, 2.05) is 0 Å². The molecule has 1 aromatic rings. The molecule has 0 spiro atoms. The van der Waals surface area contributed by atoms with Crippen molar-refractivity contribution in [2.75, 3.05) is 5.32 Å². The minimum Gasteiger partial charge on any atom is -0.365 e. The molecule has 2 N–H and O–H groups in total. The smallest absolute Gasteiger partial charge is 0.288 e. The Labute approximate surface area is 95.4 Å². The van der Waals surface area contributed by atoms with E-state index in [9.17, 15) is 9.59 Å². The molecule has 15 heavy (non-hydrogen) atoms. The predicted molar refractivity (Wildman–Crippen MR) is 60.0 cm³/mol. The summed E-state index contributed by atoms with van der Waals surface area (Å²) in [4.78, 5) is 22.1. The van der Waals surface area contributed by atoms with Crippen LogP contribution < -0.4 is 10.6 Å². The van der Waals surface area contributed by atoms with E-state index in [0.29, 0.717) is 10.7 Å². The molecular formula is C9H7ClN2O2S. The van der Waals surface area contributed by atoms with Crippen molar-refractivity contribution in [1.29, 1.82) is 0 Å². The number of imide groups is 1. The van der Waals surface area contributed by atoms with E-state index >= 15 is 0 Å². The molecule has 1 atom stereocenters. The lowest BCUT2D eigenvalue weighted by Gasteiger charge is -2.09. The van der Waals surface area contributed by atoms with Gasteiger partial charge in [0.25, 0.3) is 11.1 Å². The fraction of sp³-hybridized carbons (Fsp3) is 0.111. The quantitative estimate of drug-likeness (QED) is 0.834. The molecule has 1 aliphatic rings. The summed E-state index contributed by atoms with van der Waals surface area (Å²) < 4.78 is 0. The third-order valence-electron chi connectivity index (χ3n) is 1.81. The molecule has 1 aromatic carbocycles. The van der Waals surface area contributed by atoms with Gasteiger partial charge < -0.3 is 5.32 Å². The van der Waals surface area contributed by atoms with Gasteiger partial charge in [0.15, 0.2) is 5.37 Å². The summed E-state index contributed by atoms with van der Waals surface area (Å²) in [5.74, 6) is -0.329. The lowest BCUT2D eigenvalue weighted by atomic mass is 10.3. The van der Waals surface area contributed by atoms with Gasteiger partial charge in [-0.15, -0.1) is 0 Å². The van der Waals surface area contributed by atoms with Gasteiger partial charge in [0.1, 0.15) is 0 Å². The lowest BCUT2D eigenvalue weighted by molar-refractivity contribution is -0.118. The van der Waals surface area contributed by atoms with Crippen LogP contribution in [0.4, 0.5) is 10.5 Å². The molecule has 0 aliphatic carbocycles. The van der Waals surface area contributed by atoms with E-state index in [1.165, 1.54) is 0 Å². The molecule has 2 rings (SSSR count). The van der Waals surface area contributed by atoms with Crippen molar-refractivity contribution in [2.45, 2.75) is 5.37 Å². The summed E-state index contributed by atoms with van der Waals surface area (Å²) in [5.41, 5.74) is 0.713. The Morgan fingerprint density at radius 2 is 2.20 bits per heavy atom. The zero-order valence-electron chi connectivity index (χ0n) is 7.49. The molecule has 2 amide bonds. The largest absolute Gasteiger partial charge is 0.365 e. The van der Waals surface area contributed by atoms with Gasteiger partial charge in [-0.1, -0.05) is 17.7 Å². The fourth-order valence-electron chi connectivity index (χ4n) is 1.18. The first-order valence-electron chi connectivity index (χ1n) is 4.19. The van der Waals surface area contributed by atoms with Crippen LogP contribution in [0.1, 0.15) is 0 Å². The Bertz CT molecular complexity index is 424. The summed E-state index contributed by atoms with van der Waals surface area (Å²) in [6.45, 7) is 0. The van der Waals surface area contributed by atoms with Crippen molar-refractivity contribution in [3.05, 3.63) is 29.3 Å². The zero-order valence-corrected chi connectivity index (χ0v) is 9.06. The summed E-state index contributed by atoms with van der Waals surface area (Å²) in [6.07, 6.45) is 0. The Kier molecular flexibility index (Phi) is 2.83. The molecule has 1 aliphatic heterocycles. The van der Waals surface area contributed by atoms with Crippen LogP contribution in [0, 0.1) is 0 Å². The number of halogens is 1. The second-order valence-corrected chi connectivity index (χ2v) is 4.44. The maximum atomic E-state index is 11.2. The van der Waals surface area contributed by atoms with Gasteiger partial charge in [-0.05, 0) is 30.0 Å². The number of rotatable bonds is 2. The summed E-state index contributed by atoms with van der Waals surface area (Å²) in [6, 6.07) is 6.98. The van der Waals surface area contributed by atoms with Crippen LogP contribution in [0.15, 0.2) is 24.3 Å². The summed E-state index contributed by atoms with van der Waals surface area (Å²) in [7, 11) is 0. The van der Waals surface area contributed by atoms with Gasteiger partial charge >= 0.3 is 0 Å². The van der Waals surface area contributed by atoms with E-state index in [-0.39, 0.29) is 11.1 Å². The summed E-state index contributed by atoms with van der Waals surface area (Å²) >= 11 is 6.70. The van der Waals surface area contributed by atoms with E-state index in [2.05, 4.69) is 10.6 Å². The number of hydrogen-bond donors (Lipinski definition) is 2. The number of nitrogens with one attached hydrogen (secondary N) is 2. The molecule has 78 valence electrons. The number of thioether (sulfide) groups is 1. The minimum absolute atomic E-state index is 0.329. The third kappa shape index (κ3) is 2.43. The highest BCUT2D eigenvalue weighted by Gasteiger charge is 2.31. The molecular weight excluding hydrogens is 236 g/mol.